The van der Waals surface area contributed by atoms with Crippen LogP contribution in [0.4, 0.5) is 0 Å². The Balaban J connectivity index is 0.00000264. The highest BCUT2D eigenvalue weighted by Gasteiger charge is 2.28. The van der Waals surface area contributed by atoms with E-state index in [9.17, 15) is 8.42 Å². The van der Waals surface area contributed by atoms with Crippen LogP contribution in [0.25, 0.3) is 0 Å². The Hall–Kier alpha value is -0.420. The highest BCUT2D eigenvalue weighted by molar-refractivity contribution is 14.0. The van der Waals surface area contributed by atoms with E-state index >= 15 is 0 Å². The first-order valence-electron chi connectivity index (χ1n) is 7.71. The van der Waals surface area contributed by atoms with Gasteiger partial charge >= 0.3 is 0 Å². The maximum atomic E-state index is 11.5. The molecule has 0 radical (unpaired) electrons. The van der Waals surface area contributed by atoms with Crippen LogP contribution in [-0.4, -0.2) is 50.0 Å². The topological polar surface area (TPSA) is 83.4 Å². The summed E-state index contributed by atoms with van der Waals surface area (Å²) in [6.45, 7) is 5.52. The van der Waals surface area contributed by atoms with Gasteiger partial charge in [-0.2, -0.15) is 0 Å². The summed E-state index contributed by atoms with van der Waals surface area (Å²) in [5.41, 5.74) is 0. The van der Waals surface area contributed by atoms with E-state index in [2.05, 4.69) is 27.5 Å². The fourth-order valence-electron chi connectivity index (χ4n) is 2.31. The molecule has 0 amide bonds. The predicted octanol–water partition coefficient (Wildman–Crippen LogP) is 1.61. The summed E-state index contributed by atoms with van der Waals surface area (Å²) < 4.78 is 23.0. The molecule has 9 heteroatoms. The van der Waals surface area contributed by atoms with Gasteiger partial charge in [-0.3, -0.25) is 4.99 Å². The number of halogens is 1. The highest BCUT2D eigenvalue weighted by atomic mass is 127. The molecular weight excluding hydrogens is 447 g/mol. The van der Waals surface area contributed by atoms with E-state index in [1.54, 1.807) is 11.3 Å². The third kappa shape index (κ3) is 6.92. The Kier molecular flexibility index (Phi) is 8.76. The van der Waals surface area contributed by atoms with Crippen LogP contribution in [0.3, 0.4) is 0 Å². The molecule has 0 aliphatic carbocycles. The van der Waals surface area contributed by atoms with Gasteiger partial charge in [-0.05, 0) is 19.8 Å². The van der Waals surface area contributed by atoms with Crippen molar-refractivity contribution < 1.29 is 8.42 Å². The number of hydrogen-bond donors (Lipinski definition) is 2. The van der Waals surface area contributed by atoms with E-state index in [4.69, 9.17) is 0 Å². The second-order valence-electron chi connectivity index (χ2n) is 5.33. The fourth-order valence-corrected chi connectivity index (χ4v) is 4.84. The van der Waals surface area contributed by atoms with Gasteiger partial charge in [-0.25, -0.2) is 13.4 Å². The molecule has 1 saturated heterocycles. The minimum absolute atomic E-state index is 0. The van der Waals surface area contributed by atoms with Crippen LogP contribution >= 0.6 is 35.3 Å². The molecule has 1 unspecified atom stereocenters. The number of rotatable bonds is 6. The van der Waals surface area contributed by atoms with Gasteiger partial charge in [-0.1, -0.05) is 6.92 Å². The van der Waals surface area contributed by atoms with Crippen molar-refractivity contribution in [2.24, 2.45) is 4.99 Å². The van der Waals surface area contributed by atoms with Crippen molar-refractivity contribution in [1.82, 2.24) is 15.6 Å². The van der Waals surface area contributed by atoms with Crippen LogP contribution in [-0.2, 0) is 22.7 Å². The second-order valence-corrected chi connectivity index (χ2v) is 8.76. The SMILES string of the molecule is CCNC(=NCCc1ncc(CC)s1)NC1CCS(=O)(=O)C1.I. The van der Waals surface area contributed by atoms with E-state index < -0.39 is 9.84 Å². The van der Waals surface area contributed by atoms with Crippen LogP contribution in [0, 0.1) is 0 Å². The molecule has 2 rings (SSSR count). The number of sulfone groups is 1. The van der Waals surface area contributed by atoms with Gasteiger partial charge in [0, 0.05) is 36.6 Å². The molecular formula is C14H25IN4O2S2. The maximum absolute atomic E-state index is 11.5. The van der Waals surface area contributed by atoms with Gasteiger partial charge in [0.15, 0.2) is 15.8 Å². The van der Waals surface area contributed by atoms with Gasteiger partial charge in [-0.15, -0.1) is 35.3 Å². The molecule has 0 saturated carbocycles. The number of aryl methyl sites for hydroxylation is 1. The average Bonchev–Trinajstić information content (AvgIpc) is 3.05. The first-order valence-corrected chi connectivity index (χ1v) is 10.3. The number of nitrogens with zero attached hydrogens (tertiary/aromatic N) is 2. The first kappa shape index (κ1) is 20.6. The minimum atomic E-state index is -2.87. The number of aliphatic imine (C=N–C) groups is 1. The lowest BCUT2D eigenvalue weighted by Gasteiger charge is -2.15. The molecule has 1 atom stereocenters. The van der Waals surface area contributed by atoms with Crippen molar-refractivity contribution in [3.63, 3.8) is 0 Å². The van der Waals surface area contributed by atoms with E-state index in [-0.39, 0.29) is 41.5 Å². The smallest absolute Gasteiger partial charge is 0.191 e. The summed E-state index contributed by atoms with van der Waals surface area (Å²) in [6, 6.07) is -0.0330. The average molecular weight is 472 g/mol. The number of hydrogen-bond acceptors (Lipinski definition) is 5. The van der Waals surface area contributed by atoms with Crippen LogP contribution in [0.15, 0.2) is 11.2 Å². The first-order chi connectivity index (χ1) is 10.5. The Morgan fingerprint density at radius 2 is 2.26 bits per heavy atom. The summed E-state index contributed by atoms with van der Waals surface area (Å²) in [4.78, 5) is 10.2. The zero-order valence-electron chi connectivity index (χ0n) is 13.5. The van der Waals surface area contributed by atoms with Crippen molar-refractivity contribution in [2.75, 3.05) is 24.6 Å². The lowest BCUT2D eigenvalue weighted by molar-refractivity contribution is 0.599. The molecule has 2 heterocycles. The Morgan fingerprint density at radius 3 is 2.83 bits per heavy atom. The van der Waals surface area contributed by atoms with Gasteiger partial charge in [0.05, 0.1) is 16.5 Å². The van der Waals surface area contributed by atoms with Crippen LogP contribution in [0.2, 0.25) is 0 Å². The molecule has 1 fully saturated rings. The lowest BCUT2D eigenvalue weighted by atomic mass is 10.3. The lowest BCUT2D eigenvalue weighted by Crippen LogP contribution is -2.44. The number of thiazole rings is 1. The maximum Gasteiger partial charge on any atom is 0.191 e. The summed E-state index contributed by atoms with van der Waals surface area (Å²) in [5.74, 6) is 1.16. The number of nitrogens with one attached hydrogen (secondary N) is 2. The third-order valence-electron chi connectivity index (χ3n) is 3.46. The van der Waals surface area contributed by atoms with Crippen LogP contribution in [0.1, 0.15) is 30.2 Å². The third-order valence-corrected chi connectivity index (χ3v) is 6.43. The van der Waals surface area contributed by atoms with Crippen molar-refractivity contribution in [3.8, 4) is 0 Å². The summed E-state index contributed by atoms with van der Waals surface area (Å²) in [5, 5.41) is 7.48. The molecule has 0 bridgehead atoms. The Bertz CT molecular complexity index is 616. The molecule has 1 aliphatic heterocycles. The molecule has 1 aliphatic rings. The molecule has 23 heavy (non-hydrogen) atoms. The predicted molar refractivity (Wildman–Crippen MR) is 107 cm³/mol. The van der Waals surface area contributed by atoms with E-state index in [1.807, 2.05) is 13.1 Å². The molecule has 1 aromatic rings. The molecule has 132 valence electrons. The molecule has 0 aromatic carbocycles. The normalized spacial score (nSPS) is 20.1. The molecule has 6 nitrogen and oxygen atoms in total. The van der Waals surface area contributed by atoms with Crippen molar-refractivity contribution in [1.29, 1.82) is 0 Å². The van der Waals surface area contributed by atoms with Crippen LogP contribution < -0.4 is 10.6 Å². The summed E-state index contributed by atoms with van der Waals surface area (Å²) in [6.07, 6.45) is 4.40. The quantitative estimate of drug-likeness (QED) is 0.374. The van der Waals surface area contributed by atoms with Gasteiger partial charge in [0.2, 0.25) is 0 Å². The van der Waals surface area contributed by atoms with E-state index in [1.165, 1.54) is 4.88 Å². The van der Waals surface area contributed by atoms with E-state index in [0.29, 0.717) is 18.9 Å². The standard InChI is InChI=1S/C14H24N4O2S2.HI/c1-3-12-9-17-13(21-12)5-7-16-14(15-4-2)18-11-6-8-22(19,20)10-11;/h9,11H,3-8,10H2,1-2H3,(H2,15,16,18);1H. The zero-order chi connectivity index (χ0) is 16.0. The largest absolute Gasteiger partial charge is 0.357 e. The van der Waals surface area contributed by atoms with Gasteiger partial charge in [0.25, 0.3) is 0 Å². The summed E-state index contributed by atoms with van der Waals surface area (Å²) in [7, 11) is -2.87. The Morgan fingerprint density at radius 1 is 1.48 bits per heavy atom. The monoisotopic (exact) mass is 472 g/mol. The molecule has 0 spiro atoms. The number of aromatic nitrogens is 1. The van der Waals surface area contributed by atoms with Gasteiger partial charge in [0.1, 0.15) is 0 Å². The Labute approximate surface area is 159 Å². The van der Waals surface area contributed by atoms with Gasteiger partial charge < -0.3 is 10.6 Å². The van der Waals surface area contributed by atoms with E-state index in [0.717, 1.165) is 24.4 Å². The molecule has 2 N–H and O–H groups in total. The fraction of sp³-hybridized carbons (Fsp3) is 0.714. The van der Waals surface area contributed by atoms with Crippen molar-refractivity contribution >= 4 is 51.1 Å². The molecule has 1 aromatic heterocycles. The van der Waals surface area contributed by atoms with Crippen molar-refractivity contribution in [3.05, 3.63) is 16.1 Å². The zero-order valence-corrected chi connectivity index (χ0v) is 17.5. The summed E-state index contributed by atoms with van der Waals surface area (Å²) >= 11 is 1.73. The number of guanidine groups is 1. The minimum Gasteiger partial charge on any atom is -0.357 e. The van der Waals surface area contributed by atoms with Crippen LogP contribution in [0.5, 0.6) is 0 Å². The second kappa shape index (κ2) is 9.77. The van der Waals surface area contributed by atoms with Crippen molar-refractivity contribution in [2.45, 2.75) is 39.2 Å². The highest BCUT2D eigenvalue weighted by Crippen LogP contribution is 2.14.